The molecule has 0 saturated carbocycles. The average Bonchev–Trinajstić information content (AvgIpc) is 2.54. The van der Waals surface area contributed by atoms with Gasteiger partial charge in [-0.25, -0.2) is 0 Å². The SMILES string of the molecule is CCN1CCN(C(=O)C2NCCc3ccccc32)CC1. The van der Waals surface area contributed by atoms with Gasteiger partial charge in [0.1, 0.15) is 6.04 Å². The third kappa shape index (κ3) is 2.58. The van der Waals surface area contributed by atoms with Crippen LogP contribution in [0, 0.1) is 0 Å². The maximum atomic E-state index is 12.8. The number of hydrogen-bond donors (Lipinski definition) is 1. The van der Waals surface area contributed by atoms with E-state index in [0.29, 0.717) is 0 Å². The Morgan fingerprint density at radius 1 is 1.25 bits per heavy atom. The van der Waals surface area contributed by atoms with E-state index >= 15 is 0 Å². The summed E-state index contributed by atoms with van der Waals surface area (Å²) in [4.78, 5) is 17.2. The van der Waals surface area contributed by atoms with Gasteiger partial charge in [0, 0.05) is 32.7 Å². The Labute approximate surface area is 120 Å². The van der Waals surface area contributed by atoms with Crippen molar-refractivity contribution in [2.24, 2.45) is 0 Å². The Morgan fingerprint density at radius 2 is 2.00 bits per heavy atom. The van der Waals surface area contributed by atoms with Crippen LogP contribution in [0.25, 0.3) is 0 Å². The topological polar surface area (TPSA) is 35.6 Å². The first-order valence-electron chi connectivity index (χ1n) is 7.62. The van der Waals surface area contributed by atoms with Crippen molar-refractivity contribution in [2.75, 3.05) is 39.3 Å². The van der Waals surface area contributed by atoms with Gasteiger partial charge in [-0.3, -0.25) is 4.79 Å². The van der Waals surface area contributed by atoms with Crippen LogP contribution < -0.4 is 5.32 Å². The Hall–Kier alpha value is -1.39. The average molecular weight is 273 g/mol. The lowest BCUT2D eigenvalue weighted by Gasteiger charge is -2.37. The summed E-state index contributed by atoms with van der Waals surface area (Å²) in [5, 5.41) is 3.39. The minimum Gasteiger partial charge on any atom is -0.338 e. The van der Waals surface area contributed by atoms with E-state index in [1.54, 1.807) is 0 Å². The summed E-state index contributed by atoms with van der Waals surface area (Å²) >= 11 is 0. The number of carbonyl (C=O) groups excluding carboxylic acids is 1. The van der Waals surface area contributed by atoms with Crippen LogP contribution in [0.2, 0.25) is 0 Å². The molecule has 0 spiro atoms. The Morgan fingerprint density at radius 3 is 2.75 bits per heavy atom. The van der Waals surface area contributed by atoms with Crippen molar-refractivity contribution in [1.29, 1.82) is 0 Å². The second kappa shape index (κ2) is 5.94. The van der Waals surface area contributed by atoms with Crippen molar-refractivity contribution in [2.45, 2.75) is 19.4 Å². The van der Waals surface area contributed by atoms with E-state index in [1.807, 2.05) is 11.0 Å². The maximum absolute atomic E-state index is 12.8. The molecule has 108 valence electrons. The predicted molar refractivity (Wildman–Crippen MR) is 79.6 cm³/mol. The van der Waals surface area contributed by atoms with Gasteiger partial charge < -0.3 is 15.1 Å². The monoisotopic (exact) mass is 273 g/mol. The van der Waals surface area contributed by atoms with Crippen LogP contribution >= 0.6 is 0 Å². The Bertz CT molecular complexity index is 480. The van der Waals surface area contributed by atoms with Crippen LogP contribution in [0.5, 0.6) is 0 Å². The summed E-state index contributed by atoms with van der Waals surface area (Å²) in [5.74, 6) is 0.243. The van der Waals surface area contributed by atoms with Gasteiger partial charge in [0.15, 0.2) is 0 Å². The molecule has 1 aromatic rings. The van der Waals surface area contributed by atoms with Crippen molar-refractivity contribution in [3.05, 3.63) is 35.4 Å². The molecule has 1 fully saturated rings. The molecule has 1 amide bonds. The Kier molecular flexibility index (Phi) is 4.03. The summed E-state index contributed by atoms with van der Waals surface area (Å²) in [6, 6.07) is 8.18. The highest BCUT2D eigenvalue weighted by atomic mass is 16.2. The van der Waals surface area contributed by atoms with Gasteiger partial charge in [-0.05, 0) is 24.1 Å². The summed E-state index contributed by atoms with van der Waals surface area (Å²) in [6.07, 6.45) is 1.02. The van der Waals surface area contributed by atoms with Crippen LogP contribution in [0.15, 0.2) is 24.3 Å². The molecular formula is C16H23N3O. The lowest BCUT2D eigenvalue weighted by Crippen LogP contribution is -2.52. The van der Waals surface area contributed by atoms with Crippen LogP contribution in [-0.4, -0.2) is 55.0 Å². The number of hydrogen-bond acceptors (Lipinski definition) is 3. The highest BCUT2D eigenvalue weighted by Gasteiger charge is 2.30. The van der Waals surface area contributed by atoms with E-state index in [4.69, 9.17) is 0 Å². The summed E-state index contributed by atoms with van der Waals surface area (Å²) in [7, 11) is 0. The van der Waals surface area contributed by atoms with Crippen LogP contribution in [0.4, 0.5) is 0 Å². The van der Waals surface area contributed by atoms with E-state index in [-0.39, 0.29) is 11.9 Å². The zero-order chi connectivity index (χ0) is 13.9. The highest BCUT2D eigenvalue weighted by molar-refractivity contribution is 5.84. The first kappa shape index (κ1) is 13.6. The largest absolute Gasteiger partial charge is 0.338 e. The molecule has 20 heavy (non-hydrogen) atoms. The maximum Gasteiger partial charge on any atom is 0.244 e. The molecule has 4 heteroatoms. The molecule has 1 aromatic carbocycles. The number of nitrogens with zero attached hydrogens (tertiary/aromatic N) is 2. The van der Waals surface area contributed by atoms with Crippen LogP contribution in [-0.2, 0) is 11.2 Å². The number of fused-ring (bicyclic) bond motifs is 1. The molecule has 0 aromatic heterocycles. The zero-order valence-corrected chi connectivity index (χ0v) is 12.1. The molecule has 0 bridgehead atoms. The molecule has 1 unspecified atom stereocenters. The number of piperazine rings is 1. The van der Waals surface area contributed by atoms with Crippen molar-refractivity contribution < 1.29 is 4.79 Å². The number of likely N-dealkylation sites (N-methyl/N-ethyl adjacent to an activating group) is 1. The van der Waals surface area contributed by atoms with Crippen molar-refractivity contribution >= 4 is 5.91 Å². The van der Waals surface area contributed by atoms with E-state index in [2.05, 4.69) is 35.3 Å². The number of nitrogens with one attached hydrogen (secondary N) is 1. The van der Waals surface area contributed by atoms with E-state index in [0.717, 1.165) is 45.7 Å². The molecule has 0 aliphatic carbocycles. The predicted octanol–water partition coefficient (Wildman–Crippen LogP) is 1.04. The van der Waals surface area contributed by atoms with Crippen molar-refractivity contribution in [1.82, 2.24) is 15.1 Å². The van der Waals surface area contributed by atoms with Gasteiger partial charge in [-0.15, -0.1) is 0 Å². The molecule has 1 saturated heterocycles. The third-order valence-electron chi connectivity index (χ3n) is 4.49. The number of rotatable bonds is 2. The molecule has 1 N–H and O–H groups in total. The molecule has 1 atom stereocenters. The molecule has 2 aliphatic heterocycles. The first-order valence-corrected chi connectivity index (χ1v) is 7.62. The van der Waals surface area contributed by atoms with Crippen LogP contribution in [0.1, 0.15) is 24.1 Å². The number of carbonyl (C=O) groups is 1. The number of amides is 1. The zero-order valence-electron chi connectivity index (χ0n) is 12.1. The first-order chi connectivity index (χ1) is 9.79. The van der Waals surface area contributed by atoms with Gasteiger partial charge in [0.25, 0.3) is 0 Å². The second-order valence-corrected chi connectivity index (χ2v) is 5.60. The summed E-state index contributed by atoms with van der Waals surface area (Å²) < 4.78 is 0. The minimum absolute atomic E-state index is 0.145. The Balaban J connectivity index is 1.72. The van der Waals surface area contributed by atoms with Crippen LogP contribution in [0.3, 0.4) is 0 Å². The molecule has 3 rings (SSSR count). The van der Waals surface area contributed by atoms with Gasteiger partial charge in [0.05, 0.1) is 0 Å². The quantitative estimate of drug-likeness (QED) is 0.874. The van der Waals surface area contributed by atoms with Gasteiger partial charge >= 0.3 is 0 Å². The summed E-state index contributed by atoms with van der Waals surface area (Å²) in [5.41, 5.74) is 2.48. The third-order valence-corrected chi connectivity index (χ3v) is 4.49. The standard InChI is InChI=1S/C16H23N3O/c1-2-18-9-11-19(12-10-18)16(20)15-14-6-4-3-5-13(14)7-8-17-15/h3-6,15,17H,2,7-12H2,1H3. The van der Waals surface area contributed by atoms with Crippen molar-refractivity contribution in [3.8, 4) is 0 Å². The van der Waals surface area contributed by atoms with E-state index < -0.39 is 0 Å². The smallest absolute Gasteiger partial charge is 0.244 e. The molecule has 2 aliphatic rings. The fourth-order valence-corrected chi connectivity index (χ4v) is 3.19. The fourth-order valence-electron chi connectivity index (χ4n) is 3.19. The summed E-state index contributed by atoms with van der Waals surface area (Å²) in [6.45, 7) is 7.85. The van der Waals surface area contributed by atoms with E-state index in [1.165, 1.54) is 11.1 Å². The molecular weight excluding hydrogens is 250 g/mol. The van der Waals surface area contributed by atoms with Crippen molar-refractivity contribution in [3.63, 3.8) is 0 Å². The lowest BCUT2D eigenvalue weighted by molar-refractivity contribution is -0.135. The fraction of sp³-hybridized carbons (Fsp3) is 0.562. The number of benzene rings is 1. The second-order valence-electron chi connectivity index (χ2n) is 5.60. The minimum atomic E-state index is -0.145. The molecule has 0 radical (unpaired) electrons. The van der Waals surface area contributed by atoms with Gasteiger partial charge in [-0.2, -0.15) is 0 Å². The highest BCUT2D eigenvalue weighted by Crippen LogP contribution is 2.24. The normalized spacial score (nSPS) is 23.4. The molecule has 2 heterocycles. The lowest BCUT2D eigenvalue weighted by atomic mass is 9.93. The van der Waals surface area contributed by atoms with Gasteiger partial charge in [0.2, 0.25) is 5.91 Å². The van der Waals surface area contributed by atoms with Gasteiger partial charge in [-0.1, -0.05) is 31.2 Å². The van der Waals surface area contributed by atoms with E-state index in [9.17, 15) is 4.79 Å². The molecule has 4 nitrogen and oxygen atoms in total.